The molecule has 3 rings (SSSR count). The van der Waals surface area contributed by atoms with Gasteiger partial charge in [0, 0.05) is 20.6 Å². The summed E-state index contributed by atoms with van der Waals surface area (Å²) in [4.78, 5) is 0.385. The number of methoxy groups -OCH3 is 1. The predicted octanol–water partition coefficient (Wildman–Crippen LogP) is 2.31. The van der Waals surface area contributed by atoms with Gasteiger partial charge >= 0.3 is 0 Å². The molecule has 1 aliphatic rings. The highest BCUT2D eigenvalue weighted by Gasteiger charge is 2.33. The first-order valence-corrected chi connectivity index (χ1v) is 11.6. The van der Waals surface area contributed by atoms with Gasteiger partial charge in [0.05, 0.1) is 22.6 Å². The highest BCUT2D eigenvalue weighted by Crippen LogP contribution is 2.37. The first-order chi connectivity index (χ1) is 13.0. The SMILES string of the molecule is COc1ccc(S(=O)(=O)N2CCc3cc(S(=O)(=O)N(C)C)ccc32)c(C)c1C. The van der Waals surface area contributed by atoms with E-state index in [1.165, 1.54) is 24.5 Å². The molecular weight excluding hydrogens is 400 g/mol. The minimum Gasteiger partial charge on any atom is -0.496 e. The summed E-state index contributed by atoms with van der Waals surface area (Å²) >= 11 is 0. The number of benzene rings is 2. The van der Waals surface area contributed by atoms with Crippen molar-refractivity contribution in [3.8, 4) is 5.75 Å². The molecule has 0 radical (unpaired) electrons. The highest BCUT2D eigenvalue weighted by molar-refractivity contribution is 7.93. The Bertz CT molecular complexity index is 1140. The molecule has 0 atom stereocenters. The number of ether oxygens (including phenoxy) is 1. The molecule has 0 aromatic heterocycles. The van der Waals surface area contributed by atoms with Gasteiger partial charge in [0.25, 0.3) is 10.0 Å². The Hall–Kier alpha value is -2.10. The van der Waals surface area contributed by atoms with Crippen LogP contribution in [-0.2, 0) is 26.5 Å². The molecule has 0 amide bonds. The van der Waals surface area contributed by atoms with Gasteiger partial charge in [0.15, 0.2) is 0 Å². The number of nitrogens with zero attached hydrogens (tertiary/aromatic N) is 2. The molecule has 0 spiro atoms. The zero-order valence-corrected chi connectivity index (χ0v) is 18.2. The number of hydrogen-bond donors (Lipinski definition) is 0. The Labute approximate surface area is 166 Å². The number of hydrogen-bond acceptors (Lipinski definition) is 5. The Morgan fingerprint density at radius 3 is 2.29 bits per heavy atom. The van der Waals surface area contributed by atoms with Crippen molar-refractivity contribution in [3.63, 3.8) is 0 Å². The van der Waals surface area contributed by atoms with Crippen LogP contribution in [0, 0.1) is 13.8 Å². The van der Waals surface area contributed by atoms with Crippen molar-refractivity contribution in [2.75, 3.05) is 32.1 Å². The summed E-state index contributed by atoms with van der Waals surface area (Å²) in [5.74, 6) is 0.636. The first kappa shape index (κ1) is 20.6. The van der Waals surface area contributed by atoms with Crippen molar-refractivity contribution < 1.29 is 21.6 Å². The van der Waals surface area contributed by atoms with Crippen molar-refractivity contribution >= 4 is 25.7 Å². The van der Waals surface area contributed by atoms with Crippen LogP contribution in [0.25, 0.3) is 0 Å². The molecular formula is C19H24N2O5S2. The van der Waals surface area contributed by atoms with E-state index in [-0.39, 0.29) is 16.3 Å². The molecule has 2 aromatic carbocycles. The fourth-order valence-corrected chi connectivity index (χ4v) is 6.10. The van der Waals surface area contributed by atoms with Crippen LogP contribution in [0.15, 0.2) is 40.1 Å². The van der Waals surface area contributed by atoms with Crippen LogP contribution in [0.1, 0.15) is 16.7 Å². The van der Waals surface area contributed by atoms with Gasteiger partial charge in [0.2, 0.25) is 10.0 Å². The van der Waals surface area contributed by atoms with Crippen molar-refractivity contribution in [2.45, 2.75) is 30.1 Å². The second-order valence-corrected chi connectivity index (χ2v) is 10.9. The highest BCUT2D eigenvalue weighted by atomic mass is 32.2. The lowest BCUT2D eigenvalue weighted by Gasteiger charge is -2.22. The van der Waals surface area contributed by atoms with E-state index in [9.17, 15) is 16.8 Å². The maximum absolute atomic E-state index is 13.3. The molecule has 0 N–H and O–H groups in total. The van der Waals surface area contributed by atoms with Crippen molar-refractivity contribution in [1.29, 1.82) is 0 Å². The third kappa shape index (κ3) is 3.17. The molecule has 0 fully saturated rings. The predicted molar refractivity (Wildman–Crippen MR) is 108 cm³/mol. The van der Waals surface area contributed by atoms with Crippen LogP contribution in [0.5, 0.6) is 5.75 Å². The van der Waals surface area contributed by atoms with E-state index in [0.717, 1.165) is 9.87 Å². The molecule has 9 heteroatoms. The largest absolute Gasteiger partial charge is 0.496 e. The van der Waals surface area contributed by atoms with E-state index in [0.29, 0.717) is 29.0 Å². The van der Waals surface area contributed by atoms with E-state index >= 15 is 0 Å². The first-order valence-electron chi connectivity index (χ1n) is 8.74. The quantitative estimate of drug-likeness (QED) is 0.735. The van der Waals surface area contributed by atoms with Crippen LogP contribution in [0.2, 0.25) is 0 Å². The van der Waals surface area contributed by atoms with Gasteiger partial charge in [-0.2, -0.15) is 0 Å². The van der Waals surface area contributed by atoms with E-state index in [4.69, 9.17) is 4.74 Å². The topological polar surface area (TPSA) is 84.0 Å². The van der Waals surface area contributed by atoms with E-state index in [1.54, 1.807) is 38.3 Å². The lowest BCUT2D eigenvalue weighted by molar-refractivity contribution is 0.410. The zero-order valence-electron chi connectivity index (χ0n) is 16.6. The molecule has 2 aromatic rings. The summed E-state index contributed by atoms with van der Waals surface area (Å²) in [6, 6.07) is 7.79. The van der Waals surface area contributed by atoms with Gasteiger partial charge in [-0.25, -0.2) is 21.1 Å². The fourth-order valence-electron chi connectivity index (χ4n) is 3.36. The molecule has 0 saturated carbocycles. The average Bonchev–Trinajstić information content (AvgIpc) is 3.07. The molecule has 7 nitrogen and oxygen atoms in total. The van der Waals surface area contributed by atoms with Crippen LogP contribution in [-0.4, -0.2) is 48.9 Å². The molecule has 152 valence electrons. The second kappa shape index (κ2) is 7.06. The van der Waals surface area contributed by atoms with Gasteiger partial charge < -0.3 is 4.74 Å². The lowest BCUT2D eigenvalue weighted by Crippen LogP contribution is -2.30. The van der Waals surface area contributed by atoms with Gasteiger partial charge in [0.1, 0.15) is 5.75 Å². The maximum atomic E-state index is 13.3. The second-order valence-electron chi connectivity index (χ2n) is 6.92. The van der Waals surface area contributed by atoms with Crippen molar-refractivity contribution in [1.82, 2.24) is 4.31 Å². The van der Waals surface area contributed by atoms with Crippen LogP contribution in [0.4, 0.5) is 5.69 Å². The number of rotatable bonds is 5. The minimum absolute atomic E-state index is 0.159. The van der Waals surface area contributed by atoms with Gasteiger partial charge in [-0.05, 0) is 67.3 Å². The fraction of sp³-hybridized carbons (Fsp3) is 0.368. The average molecular weight is 425 g/mol. The van der Waals surface area contributed by atoms with Gasteiger partial charge in [-0.15, -0.1) is 0 Å². The zero-order chi connectivity index (χ0) is 20.9. The Balaban J connectivity index is 2.06. The summed E-state index contributed by atoms with van der Waals surface area (Å²) in [5.41, 5.74) is 2.63. The van der Waals surface area contributed by atoms with E-state index in [2.05, 4.69) is 0 Å². The van der Waals surface area contributed by atoms with Crippen molar-refractivity contribution in [2.24, 2.45) is 0 Å². The third-order valence-corrected chi connectivity index (χ3v) is 8.93. The number of fused-ring (bicyclic) bond motifs is 1. The summed E-state index contributed by atoms with van der Waals surface area (Å²) in [7, 11) is -2.87. The van der Waals surface area contributed by atoms with E-state index in [1.807, 2.05) is 6.92 Å². The van der Waals surface area contributed by atoms with E-state index < -0.39 is 20.0 Å². The molecule has 0 saturated heterocycles. The number of sulfonamides is 2. The lowest BCUT2D eigenvalue weighted by atomic mass is 10.1. The Morgan fingerprint density at radius 1 is 1.00 bits per heavy atom. The minimum atomic E-state index is -3.78. The standard InChI is InChI=1S/C19H24N2O5S2/c1-13-14(2)19(9-8-18(13)26-5)28(24,25)21-11-10-15-12-16(6-7-17(15)21)27(22,23)20(3)4/h6-9,12H,10-11H2,1-5H3. The molecule has 28 heavy (non-hydrogen) atoms. The maximum Gasteiger partial charge on any atom is 0.264 e. The van der Waals surface area contributed by atoms with Crippen LogP contribution in [0.3, 0.4) is 0 Å². The molecule has 0 bridgehead atoms. The van der Waals surface area contributed by atoms with Gasteiger partial charge in [-0.1, -0.05) is 0 Å². The normalized spacial score (nSPS) is 14.4. The number of anilines is 1. The van der Waals surface area contributed by atoms with Crippen molar-refractivity contribution in [3.05, 3.63) is 47.0 Å². The Kier molecular flexibility index (Phi) is 5.20. The molecule has 1 heterocycles. The molecule has 0 aliphatic carbocycles. The van der Waals surface area contributed by atoms with Gasteiger partial charge in [-0.3, -0.25) is 4.31 Å². The summed E-state index contributed by atoms with van der Waals surface area (Å²) in [5, 5.41) is 0. The smallest absolute Gasteiger partial charge is 0.264 e. The third-order valence-electron chi connectivity index (χ3n) is 5.16. The summed E-state index contributed by atoms with van der Waals surface area (Å²) in [6.07, 6.45) is 0.458. The molecule has 1 aliphatic heterocycles. The van der Waals surface area contributed by atoms with Crippen LogP contribution < -0.4 is 9.04 Å². The Morgan fingerprint density at radius 2 is 1.68 bits per heavy atom. The van der Waals surface area contributed by atoms with Crippen LogP contribution >= 0.6 is 0 Å². The molecule has 0 unspecified atom stereocenters. The summed E-state index contributed by atoms with van der Waals surface area (Å²) < 4.78 is 59.1. The summed E-state index contributed by atoms with van der Waals surface area (Å²) in [6.45, 7) is 3.85. The monoisotopic (exact) mass is 424 g/mol.